The number of carbonyl (C=O) groups excluding carboxylic acids is 2. The van der Waals surface area contributed by atoms with Gasteiger partial charge in [0.1, 0.15) is 0 Å². The van der Waals surface area contributed by atoms with Crippen LogP contribution in [-0.2, 0) is 6.54 Å². The molecule has 0 radical (unpaired) electrons. The highest BCUT2D eigenvalue weighted by atomic mass is 16.1. The summed E-state index contributed by atoms with van der Waals surface area (Å²) in [7, 11) is 0. The normalized spacial score (nSPS) is 14.6. The molecular weight excluding hydrogens is 418 g/mol. The lowest BCUT2D eigenvalue weighted by molar-refractivity contribution is 0.0969. The summed E-state index contributed by atoms with van der Waals surface area (Å²) in [6.45, 7) is 4.94. The smallest absolute Gasteiger partial charge is 0.193 e. The van der Waals surface area contributed by atoms with Crippen LogP contribution in [0.5, 0.6) is 0 Å². The van der Waals surface area contributed by atoms with E-state index in [2.05, 4.69) is 29.7 Å². The van der Waals surface area contributed by atoms with E-state index in [1.165, 1.54) is 32.1 Å². The van der Waals surface area contributed by atoms with E-state index in [9.17, 15) is 9.59 Å². The summed E-state index contributed by atoms with van der Waals surface area (Å²) in [5, 5.41) is 2.10. The molecule has 1 aliphatic rings. The number of aromatic nitrogens is 1. The molecule has 0 aliphatic heterocycles. The first-order valence-corrected chi connectivity index (χ1v) is 12.8. The van der Waals surface area contributed by atoms with Crippen LogP contribution in [-0.4, -0.2) is 16.1 Å². The predicted molar refractivity (Wildman–Crippen MR) is 140 cm³/mol. The zero-order chi connectivity index (χ0) is 23.7. The topological polar surface area (TPSA) is 39.1 Å². The second-order valence-electron chi connectivity index (χ2n) is 9.82. The fourth-order valence-corrected chi connectivity index (χ4v) is 5.70. The largest absolute Gasteiger partial charge is 0.341 e. The molecule has 0 amide bonds. The third-order valence-electron chi connectivity index (χ3n) is 7.66. The number of Topliss-reactive ketones (excluding diaryl/α,β-unsaturated/α-hetero) is 1. The van der Waals surface area contributed by atoms with E-state index < -0.39 is 0 Å². The summed E-state index contributed by atoms with van der Waals surface area (Å²) in [4.78, 5) is 26.4. The molecular formula is C31H33NO2. The van der Waals surface area contributed by atoms with Crippen LogP contribution in [0.1, 0.15) is 83.7 Å². The van der Waals surface area contributed by atoms with Gasteiger partial charge in [-0.25, -0.2) is 0 Å². The van der Waals surface area contributed by atoms with Crippen LogP contribution < -0.4 is 0 Å². The Labute approximate surface area is 201 Å². The van der Waals surface area contributed by atoms with Crippen LogP contribution in [0.25, 0.3) is 21.8 Å². The third-order valence-corrected chi connectivity index (χ3v) is 7.66. The van der Waals surface area contributed by atoms with Gasteiger partial charge in [0, 0.05) is 51.5 Å². The molecule has 0 bridgehead atoms. The SMILES string of the molecule is CCn1c2ccc(C(=O)CCC3CCCCC3)cc2c2cc(C(=O)c3ccccc3C)ccc21. The highest BCUT2D eigenvalue weighted by Gasteiger charge is 2.18. The van der Waals surface area contributed by atoms with Crippen LogP contribution >= 0.6 is 0 Å². The molecule has 0 saturated heterocycles. The minimum Gasteiger partial charge on any atom is -0.341 e. The number of carbonyl (C=O) groups is 2. The molecule has 0 N–H and O–H groups in total. The number of fused-ring (bicyclic) bond motifs is 3. The molecule has 0 unspecified atom stereocenters. The molecule has 1 aromatic heterocycles. The van der Waals surface area contributed by atoms with Gasteiger partial charge in [0.2, 0.25) is 0 Å². The average molecular weight is 452 g/mol. The van der Waals surface area contributed by atoms with Gasteiger partial charge in [0.25, 0.3) is 0 Å². The zero-order valence-corrected chi connectivity index (χ0v) is 20.3. The van der Waals surface area contributed by atoms with E-state index in [4.69, 9.17) is 0 Å². The number of hydrogen-bond acceptors (Lipinski definition) is 2. The summed E-state index contributed by atoms with van der Waals surface area (Å²) in [6.07, 6.45) is 8.14. The minimum absolute atomic E-state index is 0.0390. The number of hydrogen-bond donors (Lipinski definition) is 0. The third kappa shape index (κ3) is 4.20. The number of rotatable bonds is 7. The summed E-state index contributed by atoms with van der Waals surface area (Å²) in [6, 6.07) is 19.8. The lowest BCUT2D eigenvalue weighted by Crippen LogP contribution is -2.09. The quantitative estimate of drug-likeness (QED) is 0.268. The van der Waals surface area contributed by atoms with E-state index in [0.29, 0.717) is 17.9 Å². The second-order valence-corrected chi connectivity index (χ2v) is 9.82. The highest BCUT2D eigenvalue weighted by Crippen LogP contribution is 2.33. The Kier molecular flexibility index (Phi) is 6.36. The molecule has 3 heteroatoms. The van der Waals surface area contributed by atoms with Crippen LogP contribution in [0, 0.1) is 12.8 Å². The Morgan fingerprint density at radius 3 is 2.18 bits per heavy atom. The van der Waals surface area contributed by atoms with Crippen molar-refractivity contribution in [2.75, 3.05) is 0 Å². The first kappa shape index (κ1) is 22.6. The Hall–Kier alpha value is -3.20. The monoisotopic (exact) mass is 451 g/mol. The lowest BCUT2D eigenvalue weighted by Gasteiger charge is -2.20. The van der Waals surface area contributed by atoms with E-state index in [1.54, 1.807) is 0 Å². The number of benzene rings is 3. The fourth-order valence-electron chi connectivity index (χ4n) is 5.70. The van der Waals surface area contributed by atoms with Gasteiger partial charge in [-0.15, -0.1) is 0 Å². The van der Waals surface area contributed by atoms with Crippen LogP contribution in [0.4, 0.5) is 0 Å². The molecule has 1 fully saturated rings. The molecule has 0 atom stereocenters. The fraction of sp³-hybridized carbons (Fsp3) is 0.355. The van der Waals surface area contributed by atoms with E-state index >= 15 is 0 Å². The molecule has 1 heterocycles. The highest BCUT2D eigenvalue weighted by molar-refractivity contribution is 6.16. The van der Waals surface area contributed by atoms with Crippen molar-refractivity contribution >= 4 is 33.4 Å². The lowest BCUT2D eigenvalue weighted by atomic mass is 9.85. The van der Waals surface area contributed by atoms with Crippen molar-refractivity contribution in [3.63, 3.8) is 0 Å². The molecule has 174 valence electrons. The molecule has 1 saturated carbocycles. The Morgan fingerprint density at radius 1 is 0.853 bits per heavy atom. The van der Waals surface area contributed by atoms with Crippen molar-refractivity contribution in [1.29, 1.82) is 0 Å². The van der Waals surface area contributed by atoms with Gasteiger partial charge in [-0.1, -0.05) is 56.4 Å². The standard InChI is InChI=1S/C31H33NO2/c1-3-32-28-16-14-23(30(33)18-13-22-10-5-4-6-11-22)19-26(28)27-20-24(15-17-29(27)32)31(34)25-12-8-7-9-21(25)2/h7-9,12,14-17,19-20,22H,3-6,10-11,13,18H2,1-2H3. The van der Waals surface area contributed by atoms with Crippen molar-refractivity contribution < 1.29 is 9.59 Å². The summed E-state index contributed by atoms with van der Waals surface area (Å²) < 4.78 is 2.27. The second kappa shape index (κ2) is 9.58. The summed E-state index contributed by atoms with van der Waals surface area (Å²) in [5.41, 5.74) is 5.40. The molecule has 4 aromatic rings. The Morgan fingerprint density at radius 2 is 1.50 bits per heavy atom. The van der Waals surface area contributed by atoms with Crippen molar-refractivity contribution in [1.82, 2.24) is 4.57 Å². The van der Waals surface area contributed by atoms with Gasteiger partial charge in [-0.2, -0.15) is 0 Å². The Balaban J connectivity index is 1.51. The van der Waals surface area contributed by atoms with E-state index in [0.717, 1.165) is 51.5 Å². The first-order chi connectivity index (χ1) is 16.6. The molecule has 3 aromatic carbocycles. The van der Waals surface area contributed by atoms with Crippen molar-refractivity contribution in [2.45, 2.75) is 65.3 Å². The van der Waals surface area contributed by atoms with Crippen molar-refractivity contribution in [2.24, 2.45) is 5.92 Å². The first-order valence-electron chi connectivity index (χ1n) is 12.8. The molecule has 3 nitrogen and oxygen atoms in total. The maximum absolute atomic E-state index is 13.3. The van der Waals surface area contributed by atoms with E-state index in [-0.39, 0.29) is 11.6 Å². The van der Waals surface area contributed by atoms with Crippen LogP contribution in [0.15, 0.2) is 60.7 Å². The van der Waals surface area contributed by atoms with Gasteiger partial charge in [0.05, 0.1) is 0 Å². The zero-order valence-electron chi connectivity index (χ0n) is 20.3. The van der Waals surface area contributed by atoms with Crippen molar-refractivity contribution in [3.8, 4) is 0 Å². The van der Waals surface area contributed by atoms with Crippen LogP contribution in [0.3, 0.4) is 0 Å². The summed E-state index contributed by atoms with van der Waals surface area (Å²) >= 11 is 0. The summed E-state index contributed by atoms with van der Waals surface area (Å²) in [5.74, 6) is 0.979. The number of ketones is 2. The van der Waals surface area contributed by atoms with Crippen LogP contribution in [0.2, 0.25) is 0 Å². The Bertz CT molecular complexity index is 1370. The number of aryl methyl sites for hydroxylation is 2. The maximum atomic E-state index is 13.3. The molecule has 1 aliphatic carbocycles. The van der Waals surface area contributed by atoms with Crippen molar-refractivity contribution in [3.05, 3.63) is 82.9 Å². The van der Waals surface area contributed by atoms with Gasteiger partial charge >= 0.3 is 0 Å². The molecule has 0 spiro atoms. The molecule has 34 heavy (non-hydrogen) atoms. The predicted octanol–water partition coefficient (Wildman–Crippen LogP) is 7.90. The van der Waals surface area contributed by atoms with Gasteiger partial charge in [-0.3, -0.25) is 9.59 Å². The van der Waals surface area contributed by atoms with E-state index in [1.807, 2.05) is 49.4 Å². The minimum atomic E-state index is 0.0390. The van der Waals surface area contributed by atoms with Gasteiger partial charge < -0.3 is 4.57 Å². The van der Waals surface area contributed by atoms with Gasteiger partial charge in [-0.05, 0) is 68.1 Å². The molecule has 5 rings (SSSR count). The average Bonchev–Trinajstić information content (AvgIpc) is 3.20. The number of nitrogens with zero attached hydrogens (tertiary/aromatic N) is 1. The maximum Gasteiger partial charge on any atom is 0.193 e. The van der Waals surface area contributed by atoms with Gasteiger partial charge in [0.15, 0.2) is 11.6 Å².